The Labute approximate surface area is 75.1 Å². The van der Waals surface area contributed by atoms with E-state index in [1.54, 1.807) is 17.4 Å². The normalized spacial score (nSPS) is 16.9. The highest BCUT2D eigenvalue weighted by Gasteiger charge is 2.18. The van der Waals surface area contributed by atoms with Gasteiger partial charge in [0.25, 0.3) is 0 Å². The molecule has 0 atom stereocenters. The van der Waals surface area contributed by atoms with Crippen LogP contribution in [-0.2, 0) is 4.79 Å². The quantitative estimate of drug-likeness (QED) is 0.652. The second kappa shape index (κ2) is 2.75. The van der Waals surface area contributed by atoms with Crippen LogP contribution < -0.4 is 0 Å². The molecule has 0 unspecified atom stereocenters. The van der Waals surface area contributed by atoms with E-state index in [0.29, 0.717) is 6.54 Å². The SMILES string of the molecule is CN1CC(=O)C=C1c1cccs1. The molecule has 1 aromatic rings. The van der Waals surface area contributed by atoms with Crippen LogP contribution in [0, 0.1) is 0 Å². The first-order valence-electron chi connectivity index (χ1n) is 3.77. The molecule has 0 fully saturated rings. The number of carbonyl (C=O) groups is 1. The van der Waals surface area contributed by atoms with Crippen LogP contribution in [0.2, 0.25) is 0 Å². The lowest BCUT2D eigenvalue weighted by Crippen LogP contribution is -2.14. The minimum absolute atomic E-state index is 0.195. The zero-order valence-electron chi connectivity index (χ0n) is 6.78. The molecule has 1 aliphatic rings. The van der Waals surface area contributed by atoms with E-state index in [2.05, 4.69) is 0 Å². The molecule has 62 valence electrons. The number of hydrogen-bond donors (Lipinski definition) is 0. The van der Waals surface area contributed by atoms with Crippen molar-refractivity contribution in [3.8, 4) is 0 Å². The molecule has 0 saturated carbocycles. The maximum atomic E-state index is 11.0. The van der Waals surface area contributed by atoms with E-state index in [-0.39, 0.29) is 5.78 Å². The molecule has 12 heavy (non-hydrogen) atoms. The van der Waals surface area contributed by atoms with Crippen LogP contribution in [-0.4, -0.2) is 24.3 Å². The Morgan fingerprint density at radius 1 is 1.58 bits per heavy atom. The van der Waals surface area contributed by atoms with E-state index >= 15 is 0 Å². The van der Waals surface area contributed by atoms with Crippen molar-refractivity contribution in [2.24, 2.45) is 0 Å². The number of nitrogens with zero attached hydrogens (tertiary/aromatic N) is 1. The lowest BCUT2D eigenvalue weighted by molar-refractivity contribution is -0.114. The van der Waals surface area contributed by atoms with Crippen LogP contribution in [0.4, 0.5) is 0 Å². The van der Waals surface area contributed by atoms with Gasteiger partial charge >= 0.3 is 0 Å². The fourth-order valence-electron chi connectivity index (χ4n) is 1.31. The van der Waals surface area contributed by atoms with Crippen LogP contribution >= 0.6 is 11.3 Å². The molecular weight excluding hydrogens is 170 g/mol. The lowest BCUT2D eigenvalue weighted by Gasteiger charge is -2.12. The third-order valence-electron chi connectivity index (χ3n) is 1.88. The molecule has 3 heteroatoms. The molecule has 1 aliphatic heterocycles. The highest BCUT2D eigenvalue weighted by molar-refractivity contribution is 7.11. The summed E-state index contributed by atoms with van der Waals surface area (Å²) >= 11 is 1.66. The van der Waals surface area contributed by atoms with Crippen LogP contribution in [0.3, 0.4) is 0 Å². The molecule has 0 aliphatic carbocycles. The van der Waals surface area contributed by atoms with Crippen LogP contribution in [0.5, 0.6) is 0 Å². The highest BCUT2D eigenvalue weighted by Crippen LogP contribution is 2.25. The number of hydrogen-bond acceptors (Lipinski definition) is 3. The molecule has 2 nitrogen and oxygen atoms in total. The second-order valence-electron chi connectivity index (χ2n) is 2.83. The molecule has 0 radical (unpaired) electrons. The second-order valence-corrected chi connectivity index (χ2v) is 3.78. The standard InChI is InChI=1S/C9H9NOS/c1-10-6-7(11)5-8(10)9-3-2-4-12-9/h2-5H,6H2,1H3. The molecule has 0 bridgehead atoms. The summed E-state index contributed by atoms with van der Waals surface area (Å²) < 4.78 is 0. The smallest absolute Gasteiger partial charge is 0.177 e. The zero-order valence-corrected chi connectivity index (χ0v) is 7.60. The van der Waals surface area contributed by atoms with Gasteiger partial charge in [-0.15, -0.1) is 11.3 Å². The topological polar surface area (TPSA) is 20.3 Å². The van der Waals surface area contributed by atoms with Gasteiger partial charge in [-0.25, -0.2) is 0 Å². The first-order valence-corrected chi connectivity index (χ1v) is 4.65. The summed E-state index contributed by atoms with van der Waals surface area (Å²) in [5, 5.41) is 2.02. The molecule has 0 spiro atoms. The van der Waals surface area contributed by atoms with Crippen LogP contribution in [0.15, 0.2) is 23.6 Å². The van der Waals surface area contributed by atoms with Gasteiger partial charge in [0.15, 0.2) is 5.78 Å². The Morgan fingerprint density at radius 2 is 2.42 bits per heavy atom. The largest absolute Gasteiger partial charge is 0.366 e. The summed E-state index contributed by atoms with van der Waals surface area (Å²) in [6.07, 6.45) is 1.71. The van der Waals surface area contributed by atoms with Crippen molar-refractivity contribution in [2.75, 3.05) is 13.6 Å². The van der Waals surface area contributed by atoms with E-state index in [9.17, 15) is 4.79 Å². The van der Waals surface area contributed by atoms with Crippen molar-refractivity contribution in [1.29, 1.82) is 0 Å². The number of carbonyl (C=O) groups excluding carboxylic acids is 1. The molecular formula is C9H9NOS. The van der Waals surface area contributed by atoms with Gasteiger partial charge in [0.05, 0.1) is 17.1 Å². The fraction of sp³-hybridized carbons (Fsp3) is 0.222. The summed E-state index contributed by atoms with van der Waals surface area (Å²) in [5.74, 6) is 0.195. The van der Waals surface area contributed by atoms with E-state index in [1.807, 2.05) is 29.5 Å². The maximum absolute atomic E-state index is 11.0. The first kappa shape index (κ1) is 7.55. The van der Waals surface area contributed by atoms with Crippen molar-refractivity contribution < 1.29 is 4.79 Å². The average molecular weight is 179 g/mol. The van der Waals surface area contributed by atoms with Crippen LogP contribution in [0.1, 0.15) is 4.88 Å². The fourth-order valence-corrected chi connectivity index (χ4v) is 2.11. The minimum atomic E-state index is 0.195. The molecule has 0 aromatic carbocycles. The van der Waals surface area contributed by atoms with Gasteiger partial charge in [0, 0.05) is 13.1 Å². The van der Waals surface area contributed by atoms with Crippen molar-refractivity contribution in [3.05, 3.63) is 28.5 Å². The Kier molecular flexibility index (Phi) is 1.73. The number of rotatable bonds is 1. The van der Waals surface area contributed by atoms with Gasteiger partial charge in [-0.3, -0.25) is 4.79 Å². The third kappa shape index (κ3) is 1.16. The molecule has 2 rings (SSSR count). The van der Waals surface area contributed by atoms with E-state index in [4.69, 9.17) is 0 Å². The summed E-state index contributed by atoms with van der Waals surface area (Å²) in [6, 6.07) is 4.03. The van der Waals surface area contributed by atoms with Crippen molar-refractivity contribution in [3.63, 3.8) is 0 Å². The highest BCUT2D eigenvalue weighted by atomic mass is 32.1. The van der Waals surface area contributed by atoms with Gasteiger partial charge in [-0.05, 0) is 11.4 Å². The Morgan fingerprint density at radius 3 is 2.92 bits per heavy atom. The Balaban J connectivity index is 2.36. The van der Waals surface area contributed by atoms with Crippen molar-refractivity contribution in [1.82, 2.24) is 4.90 Å². The van der Waals surface area contributed by atoms with Crippen LogP contribution in [0.25, 0.3) is 5.70 Å². The van der Waals surface area contributed by atoms with Crippen molar-refractivity contribution in [2.45, 2.75) is 0 Å². The Hall–Kier alpha value is -1.09. The van der Waals surface area contributed by atoms with Gasteiger partial charge in [0.1, 0.15) is 0 Å². The average Bonchev–Trinajstić information content (AvgIpc) is 2.58. The summed E-state index contributed by atoms with van der Waals surface area (Å²) in [4.78, 5) is 14.2. The zero-order chi connectivity index (χ0) is 8.55. The summed E-state index contributed by atoms with van der Waals surface area (Å²) in [6.45, 7) is 0.521. The molecule has 0 N–H and O–H groups in total. The van der Waals surface area contributed by atoms with E-state index in [1.165, 1.54) is 4.88 Å². The lowest BCUT2D eigenvalue weighted by atomic mass is 10.3. The monoisotopic (exact) mass is 179 g/mol. The van der Waals surface area contributed by atoms with E-state index < -0.39 is 0 Å². The molecule has 1 aromatic heterocycles. The molecule has 0 amide bonds. The van der Waals surface area contributed by atoms with Gasteiger partial charge < -0.3 is 4.90 Å². The van der Waals surface area contributed by atoms with E-state index in [0.717, 1.165) is 5.70 Å². The molecule has 2 heterocycles. The Bertz CT molecular complexity index is 326. The molecule has 0 saturated heterocycles. The predicted octanol–water partition coefficient (Wildman–Crippen LogP) is 1.60. The van der Waals surface area contributed by atoms with Gasteiger partial charge in [0.2, 0.25) is 0 Å². The number of thiophene rings is 1. The summed E-state index contributed by atoms with van der Waals surface area (Å²) in [5.41, 5.74) is 1.05. The summed E-state index contributed by atoms with van der Waals surface area (Å²) in [7, 11) is 1.94. The predicted molar refractivity (Wildman–Crippen MR) is 49.9 cm³/mol. The maximum Gasteiger partial charge on any atom is 0.177 e. The first-order chi connectivity index (χ1) is 5.77. The third-order valence-corrected chi connectivity index (χ3v) is 2.77. The number of ketones is 1. The number of likely N-dealkylation sites (N-methyl/N-ethyl adjacent to an activating group) is 1. The van der Waals surface area contributed by atoms with Gasteiger partial charge in [-0.1, -0.05) is 6.07 Å². The van der Waals surface area contributed by atoms with Gasteiger partial charge in [-0.2, -0.15) is 0 Å². The van der Waals surface area contributed by atoms with Crippen molar-refractivity contribution >= 4 is 22.8 Å². The minimum Gasteiger partial charge on any atom is -0.366 e.